The second-order valence-electron chi connectivity index (χ2n) is 5.25. The number of halogens is 2. The molecule has 25 heavy (non-hydrogen) atoms. The molecule has 0 atom stereocenters. The molecule has 2 aromatic carbocycles. The van der Waals surface area contributed by atoms with Gasteiger partial charge < -0.3 is 20.5 Å². The number of hydrogen-bond acceptors (Lipinski definition) is 3. The summed E-state index contributed by atoms with van der Waals surface area (Å²) in [5, 5.41) is 2.96. The van der Waals surface area contributed by atoms with Crippen LogP contribution in [0, 0.1) is 6.92 Å². The van der Waals surface area contributed by atoms with Gasteiger partial charge in [-0.1, -0.05) is 24.3 Å². The predicted octanol–water partition coefficient (Wildman–Crippen LogP) is 3.92. The van der Waals surface area contributed by atoms with Crippen LogP contribution >= 0.6 is 0 Å². The molecule has 0 aliphatic heterocycles. The minimum atomic E-state index is -2.95. The van der Waals surface area contributed by atoms with Crippen molar-refractivity contribution in [3.05, 3.63) is 53.6 Å². The number of benzene rings is 2. The van der Waals surface area contributed by atoms with Gasteiger partial charge in [0.05, 0.1) is 13.2 Å². The average Bonchev–Trinajstić information content (AvgIpc) is 2.55. The highest BCUT2D eigenvalue weighted by Gasteiger charge is 2.15. The monoisotopic (exact) mass is 349 g/mol. The number of nitrogens with one attached hydrogen (secondary N) is 1. The van der Waals surface area contributed by atoms with Crippen molar-refractivity contribution in [1.29, 1.82) is 0 Å². The van der Waals surface area contributed by atoms with E-state index in [1.807, 2.05) is 31.2 Å². The first-order chi connectivity index (χ1) is 12.0. The molecule has 0 saturated heterocycles. The van der Waals surface area contributed by atoms with Crippen molar-refractivity contribution in [2.24, 2.45) is 10.7 Å². The van der Waals surface area contributed by atoms with Gasteiger partial charge in [-0.15, -0.1) is 0 Å². The Labute approximate surface area is 145 Å². The number of hydrogen-bond donors (Lipinski definition) is 2. The van der Waals surface area contributed by atoms with Crippen LogP contribution in [-0.2, 0) is 6.54 Å². The highest BCUT2D eigenvalue weighted by Crippen LogP contribution is 2.33. The summed E-state index contributed by atoms with van der Waals surface area (Å²) in [5.41, 5.74) is 8.21. The fourth-order valence-electron chi connectivity index (χ4n) is 2.26. The number of rotatable bonds is 7. The van der Waals surface area contributed by atoms with E-state index in [0.29, 0.717) is 12.2 Å². The zero-order valence-electron chi connectivity index (χ0n) is 14.1. The summed E-state index contributed by atoms with van der Waals surface area (Å²) in [7, 11) is 0. The third kappa shape index (κ3) is 5.63. The summed E-state index contributed by atoms with van der Waals surface area (Å²) in [6.07, 6.45) is 0. The molecule has 2 aromatic rings. The summed E-state index contributed by atoms with van der Waals surface area (Å²) in [6.45, 7) is 1.19. The lowest BCUT2D eigenvalue weighted by molar-refractivity contribution is -0.0520. The van der Waals surface area contributed by atoms with E-state index in [1.165, 1.54) is 0 Å². The van der Waals surface area contributed by atoms with E-state index >= 15 is 0 Å². The Morgan fingerprint density at radius 3 is 2.68 bits per heavy atom. The summed E-state index contributed by atoms with van der Waals surface area (Å²) in [4.78, 5) is 4.19. The zero-order valence-corrected chi connectivity index (χ0v) is 14.1. The number of aliphatic imine (C=N–C) groups is 1. The van der Waals surface area contributed by atoms with Gasteiger partial charge in [0, 0.05) is 11.3 Å². The Hall–Kier alpha value is -2.83. The van der Waals surface area contributed by atoms with Gasteiger partial charge in [-0.3, -0.25) is 0 Å². The SMILES string of the molecule is CCOc1cccc(CN=C(N)Nc2cccc(C)c2)c1OC(F)F. The molecule has 0 aromatic heterocycles. The topological polar surface area (TPSA) is 68.9 Å². The molecule has 5 nitrogen and oxygen atoms in total. The number of anilines is 1. The van der Waals surface area contributed by atoms with Gasteiger partial charge in [0.15, 0.2) is 17.5 Å². The molecule has 0 fully saturated rings. The fraction of sp³-hybridized carbons (Fsp3) is 0.278. The number of guanidine groups is 1. The van der Waals surface area contributed by atoms with Crippen LogP contribution in [0.4, 0.5) is 14.5 Å². The molecule has 2 rings (SSSR count). The highest BCUT2D eigenvalue weighted by atomic mass is 19.3. The van der Waals surface area contributed by atoms with E-state index in [1.54, 1.807) is 25.1 Å². The Kier molecular flexibility index (Phi) is 6.56. The molecular formula is C18H21F2N3O2. The van der Waals surface area contributed by atoms with Crippen LogP contribution in [0.3, 0.4) is 0 Å². The van der Waals surface area contributed by atoms with Crippen molar-refractivity contribution >= 4 is 11.6 Å². The smallest absolute Gasteiger partial charge is 0.387 e. The Morgan fingerprint density at radius 2 is 2.00 bits per heavy atom. The van der Waals surface area contributed by atoms with Crippen molar-refractivity contribution in [3.8, 4) is 11.5 Å². The molecule has 0 amide bonds. The number of alkyl halides is 2. The van der Waals surface area contributed by atoms with Crippen LogP contribution in [-0.4, -0.2) is 19.2 Å². The van der Waals surface area contributed by atoms with Gasteiger partial charge >= 0.3 is 6.61 Å². The summed E-state index contributed by atoms with van der Waals surface area (Å²) >= 11 is 0. The lowest BCUT2D eigenvalue weighted by atomic mass is 10.2. The molecule has 134 valence electrons. The average molecular weight is 349 g/mol. The van der Waals surface area contributed by atoms with Gasteiger partial charge in [0.2, 0.25) is 0 Å². The number of nitrogens with two attached hydrogens (primary N) is 1. The predicted molar refractivity (Wildman–Crippen MR) is 94.4 cm³/mol. The minimum Gasteiger partial charge on any atom is -0.490 e. The van der Waals surface area contributed by atoms with E-state index < -0.39 is 6.61 Å². The van der Waals surface area contributed by atoms with E-state index in [9.17, 15) is 8.78 Å². The number of ether oxygens (including phenoxy) is 2. The Morgan fingerprint density at radius 1 is 1.24 bits per heavy atom. The van der Waals surface area contributed by atoms with Crippen LogP contribution in [0.2, 0.25) is 0 Å². The van der Waals surface area contributed by atoms with Gasteiger partial charge in [-0.2, -0.15) is 8.78 Å². The molecule has 3 N–H and O–H groups in total. The van der Waals surface area contributed by atoms with Crippen molar-refractivity contribution in [2.75, 3.05) is 11.9 Å². The summed E-state index contributed by atoms with van der Waals surface area (Å²) in [6, 6.07) is 12.5. The third-order valence-corrected chi connectivity index (χ3v) is 3.28. The van der Waals surface area contributed by atoms with Crippen molar-refractivity contribution < 1.29 is 18.3 Å². The van der Waals surface area contributed by atoms with Crippen LogP contribution in [0.15, 0.2) is 47.5 Å². The maximum atomic E-state index is 12.7. The normalized spacial score (nSPS) is 11.5. The van der Waals surface area contributed by atoms with Gasteiger partial charge in [0.25, 0.3) is 0 Å². The van der Waals surface area contributed by atoms with Gasteiger partial charge in [0.1, 0.15) is 0 Å². The maximum Gasteiger partial charge on any atom is 0.387 e. The van der Waals surface area contributed by atoms with Crippen molar-refractivity contribution in [2.45, 2.75) is 27.0 Å². The molecule has 0 aliphatic carbocycles. The number of aryl methyl sites for hydroxylation is 1. The molecule has 0 aliphatic rings. The number of para-hydroxylation sites is 1. The largest absolute Gasteiger partial charge is 0.490 e. The minimum absolute atomic E-state index is 0.0218. The number of nitrogens with zero attached hydrogens (tertiary/aromatic N) is 1. The summed E-state index contributed by atoms with van der Waals surface area (Å²) in [5.74, 6) is 0.405. The maximum absolute atomic E-state index is 12.7. The molecule has 0 heterocycles. The van der Waals surface area contributed by atoms with Crippen LogP contribution < -0.4 is 20.5 Å². The summed E-state index contributed by atoms with van der Waals surface area (Å²) < 4.78 is 35.3. The first-order valence-electron chi connectivity index (χ1n) is 7.82. The zero-order chi connectivity index (χ0) is 18.2. The Balaban J connectivity index is 2.16. The highest BCUT2D eigenvalue weighted by molar-refractivity contribution is 5.92. The van der Waals surface area contributed by atoms with E-state index in [4.69, 9.17) is 10.5 Å². The lowest BCUT2D eigenvalue weighted by Crippen LogP contribution is -2.22. The Bertz CT molecular complexity index is 736. The van der Waals surface area contributed by atoms with Crippen LogP contribution in [0.1, 0.15) is 18.1 Å². The van der Waals surface area contributed by atoms with Gasteiger partial charge in [-0.25, -0.2) is 4.99 Å². The molecule has 0 unspecified atom stereocenters. The quantitative estimate of drug-likeness (QED) is 0.587. The van der Waals surface area contributed by atoms with Crippen molar-refractivity contribution in [1.82, 2.24) is 0 Å². The first-order valence-corrected chi connectivity index (χ1v) is 7.82. The van der Waals surface area contributed by atoms with Crippen LogP contribution in [0.25, 0.3) is 0 Å². The molecule has 7 heteroatoms. The lowest BCUT2D eigenvalue weighted by Gasteiger charge is -2.14. The molecule has 0 bridgehead atoms. The van der Waals surface area contributed by atoms with E-state index in [0.717, 1.165) is 11.3 Å². The standard InChI is InChI=1S/C18H21F2N3O2/c1-3-24-15-9-5-7-13(16(15)25-17(19)20)11-22-18(21)23-14-8-4-6-12(2)10-14/h4-10,17H,3,11H2,1-2H3,(H3,21,22,23). The first kappa shape index (κ1) is 18.5. The van der Waals surface area contributed by atoms with E-state index in [2.05, 4.69) is 15.0 Å². The van der Waals surface area contributed by atoms with Crippen LogP contribution in [0.5, 0.6) is 11.5 Å². The second kappa shape index (κ2) is 8.86. The molecule has 0 saturated carbocycles. The van der Waals surface area contributed by atoms with Crippen molar-refractivity contribution in [3.63, 3.8) is 0 Å². The van der Waals surface area contributed by atoms with Gasteiger partial charge in [-0.05, 0) is 37.6 Å². The second-order valence-corrected chi connectivity index (χ2v) is 5.25. The third-order valence-electron chi connectivity index (χ3n) is 3.28. The fourth-order valence-corrected chi connectivity index (χ4v) is 2.26. The van der Waals surface area contributed by atoms with E-state index in [-0.39, 0.29) is 24.0 Å². The molecule has 0 spiro atoms. The molecular weight excluding hydrogens is 328 g/mol. The molecule has 0 radical (unpaired) electrons.